The van der Waals surface area contributed by atoms with E-state index in [1.54, 1.807) is 12.4 Å². The lowest BCUT2D eigenvalue weighted by Gasteiger charge is -2.28. The minimum atomic E-state index is -0.146. The zero-order valence-electron chi connectivity index (χ0n) is 13.8. The Kier molecular flexibility index (Phi) is 4.13. The van der Waals surface area contributed by atoms with Gasteiger partial charge in [-0.2, -0.15) is 0 Å². The number of aryl methyl sites for hydroxylation is 1. The first-order valence-electron chi connectivity index (χ1n) is 7.86. The molecular weight excluding hydrogens is 288 g/mol. The maximum absolute atomic E-state index is 12.3. The molecule has 5 heteroatoms. The highest BCUT2D eigenvalue weighted by atomic mass is 16.2. The van der Waals surface area contributed by atoms with Crippen LogP contribution >= 0.6 is 0 Å². The summed E-state index contributed by atoms with van der Waals surface area (Å²) in [5.41, 5.74) is 2.73. The Morgan fingerprint density at radius 1 is 1.26 bits per heavy atom. The topological polar surface area (TPSA) is 57.9 Å². The van der Waals surface area contributed by atoms with Crippen molar-refractivity contribution in [3.63, 3.8) is 0 Å². The standard InChI is InChI=1S/C18H22N4O/c1-13-9-20-15(10-19-13)11-21-17(23)16-12-22(16)18(2,3)14-7-5-4-6-8-14/h4-10,16H,11-12H2,1-3H3,(H,21,23). The Balaban J connectivity index is 1.57. The first kappa shape index (κ1) is 15.6. The number of rotatable bonds is 5. The number of hydrogen-bond donors (Lipinski definition) is 1. The first-order chi connectivity index (χ1) is 11.0. The van der Waals surface area contributed by atoms with Crippen LogP contribution in [0, 0.1) is 6.92 Å². The molecule has 1 saturated heterocycles. The molecule has 2 atom stereocenters. The van der Waals surface area contributed by atoms with E-state index in [-0.39, 0.29) is 17.5 Å². The van der Waals surface area contributed by atoms with Gasteiger partial charge >= 0.3 is 0 Å². The summed E-state index contributed by atoms with van der Waals surface area (Å²) in [5.74, 6) is 0.0522. The van der Waals surface area contributed by atoms with Gasteiger partial charge in [0, 0.05) is 18.3 Å². The van der Waals surface area contributed by atoms with Gasteiger partial charge in [-0.05, 0) is 26.3 Å². The number of amides is 1. The van der Waals surface area contributed by atoms with Gasteiger partial charge in [0.1, 0.15) is 6.04 Å². The second-order valence-corrected chi connectivity index (χ2v) is 6.46. The number of nitrogens with zero attached hydrogens (tertiary/aromatic N) is 3. The third kappa shape index (κ3) is 3.40. The molecule has 0 bridgehead atoms. The van der Waals surface area contributed by atoms with E-state index in [2.05, 4.69) is 46.2 Å². The third-order valence-electron chi connectivity index (χ3n) is 4.39. The van der Waals surface area contributed by atoms with Crippen LogP contribution in [0.1, 0.15) is 30.8 Å². The van der Waals surface area contributed by atoms with Crippen molar-refractivity contribution in [2.45, 2.75) is 38.9 Å². The van der Waals surface area contributed by atoms with Gasteiger partial charge in [0.25, 0.3) is 0 Å². The van der Waals surface area contributed by atoms with Gasteiger partial charge in [-0.15, -0.1) is 0 Å². The van der Waals surface area contributed by atoms with E-state index >= 15 is 0 Å². The molecule has 1 fully saturated rings. The van der Waals surface area contributed by atoms with E-state index < -0.39 is 0 Å². The summed E-state index contributed by atoms with van der Waals surface area (Å²) in [6.07, 6.45) is 3.41. The van der Waals surface area contributed by atoms with Gasteiger partial charge in [0.15, 0.2) is 0 Å². The molecule has 1 aliphatic heterocycles. The summed E-state index contributed by atoms with van der Waals surface area (Å²) in [5, 5.41) is 2.95. The lowest BCUT2D eigenvalue weighted by atomic mass is 9.94. The van der Waals surface area contributed by atoms with E-state index in [1.165, 1.54) is 5.56 Å². The van der Waals surface area contributed by atoms with Crippen molar-refractivity contribution in [1.29, 1.82) is 0 Å². The molecule has 1 aromatic carbocycles. The van der Waals surface area contributed by atoms with Crippen LogP contribution in [0.15, 0.2) is 42.7 Å². The molecule has 3 rings (SSSR count). The molecule has 1 amide bonds. The van der Waals surface area contributed by atoms with Crippen LogP contribution in [0.25, 0.3) is 0 Å². The molecule has 0 saturated carbocycles. The van der Waals surface area contributed by atoms with E-state index in [0.717, 1.165) is 17.9 Å². The second kappa shape index (κ2) is 6.08. The quantitative estimate of drug-likeness (QED) is 0.859. The van der Waals surface area contributed by atoms with Crippen molar-refractivity contribution >= 4 is 5.91 Å². The molecule has 0 radical (unpaired) electrons. The Bertz CT molecular complexity index is 682. The smallest absolute Gasteiger partial charge is 0.239 e. The fourth-order valence-electron chi connectivity index (χ4n) is 2.80. The van der Waals surface area contributed by atoms with Crippen molar-refractivity contribution in [1.82, 2.24) is 20.2 Å². The number of benzene rings is 1. The normalized spacial score (nSPS) is 20.1. The lowest BCUT2D eigenvalue weighted by Crippen LogP contribution is -2.35. The zero-order chi connectivity index (χ0) is 16.4. The second-order valence-electron chi connectivity index (χ2n) is 6.46. The number of carbonyl (C=O) groups is 1. The Morgan fingerprint density at radius 2 is 2.00 bits per heavy atom. The third-order valence-corrected chi connectivity index (χ3v) is 4.39. The number of nitrogens with one attached hydrogen (secondary N) is 1. The van der Waals surface area contributed by atoms with E-state index in [9.17, 15) is 4.79 Å². The molecule has 2 aromatic rings. The molecule has 1 aromatic heterocycles. The molecule has 2 heterocycles. The van der Waals surface area contributed by atoms with Gasteiger partial charge in [-0.25, -0.2) is 0 Å². The Labute approximate surface area is 136 Å². The maximum Gasteiger partial charge on any atom is 0.239 e. The summed E-state index contributed by atoms with van der Waals surface area (Å²) in [7, 11) is 0. The van der Waals surface area contributed by atoms with Gasteiger partial charge in [-0.1, -0.05) is 30.3 Å². The molecule has 1 N–H and O–H groups in total. The van der Waals surface area contributed by atoms with Crippen molar-refractivity contribution < 1.29 is 4.79 Å². The van der Waals surface area contributed by atoms with Gasteiger partial charge in [0.05, 0.1) is 24.1 Å². The minimum absolute atomic E-state index is 0.0522. The maximum atomic E-state index is 12.3. The monoisotopic (exact) mass is 310 g/mol. The summed E-state index contributed by atoms with van der Waals surface area (Å²) in [6.45, 7) is 7.40. The predicted molar refractivity (Wildman–Crippen MR) is 88.6 cm³/mol. The van der Waals surface area contributed by atoms with E-state index in [1.807, 2.05) is 25.1 Å². The number of aromatic nitrogens is 2. The van der Waals surface area contributed by atoms with Crippen LogP contribution in [-0.4, -0.2) is 33.4 Å². The Morgan fingerprint density at radius 3 is 2.65 bits per heavy atom. The van der Waals surface area contributed by atoms with Gasteiger partial charge < -0.3 is 5.32 Å². The first-order valence-corrected chi connectivity index (χ1v) is 7.86. The van der Waals surface area contributed by atoms with Crippen LogP contribution in [0.4, 0.5) is 0 Å². The molecule has 1 aliphatic rings. The number of carbonyl (C=O) groups excluding carboxylic acids is 1. The van der Waals surface area contributed by atoms with Crippen molar-refractivity contribution in [2.75, 3.05) is 6.54 Å². The van der Waals surface area contributed by atoms with Crippen molar-refractivity contribution in [3.8, 4) is 0 Å². The average Bonchev–Trinajstić information content (AvgIpc) is 3.36. The summed E-state index contributed by atoms with van der Waals surface area (Å²) < 4.78 is 0. The summed E-state index contributed by atoms with van der Waals surface area (Å²) in [4.78, 5) is 23.0. The zero-order valence-corrected chi connectivity index (χ0v) is 13.8. The minimum Gasteiger partial charge on any atom is -0.349 e. The van der Waals surface area contributed by atoms with E-state index in [4.69, 9.17) is 0 Å². The molecule has 2 unspecified atom stereocenters. The van der Waals surface area contributed by atoms with Crippen LogP contribution in [0.3, 0.4) is 0 Å². The molecule has 5 nitrogen and oxygen atoms in total. The lowest BCUT2D eigenvalue weighted by molar-refractivity contribution is -0.121. The molecule has 120 valence electrons. The highest BCUT2D eigenvalue weighted by molar-refractivity contribution is 5.84. The molecular formula is C18H22N4O. The van der Waals surface area contributed by atoms with Crippen LogP contribution in [-0.2, 0) is 16.9 Å². The number of hydrogen-bond acceptors (Lipinski definition) is 4. The van der Waals surface area contributed by atoms with Crippen LogP contribution in [0.2, 0.25) is 0 Å². The fraction of sp³-hybridized carbons (Fsp3) is 0.389. The highest BCUT2D eigenvalue weighted by Crippen LogP contribution is 2.37. The van der Waals surface area contributed by atoms with Crippen molar-refractivity contribution in [2.24, 2.45) is 0 Å². The van der Waals surface area contributed by atoms with Crippen molar-refractivity contribution in [3.05, 3.63) is 59.7 Å². The summed E-state index contributed by atoms with van der Waals surface area (Å²) >= 11 is 0. The van der Waals surface area contributed by atoms with Crippen LogP contribution < -0.4 is 5.32 Å². The molecule has 0 spiro atoms. The molecule has 23 heavy (non-hydrogen) atoms. The summed E-state index contributed by atoms with van der Waals surface area (Å²) in [6, 6.07) is 10.2. The SMILES string of the molecule is Cc1cnc(CNC(=O)C2CN2C(C)(C)c2ccccc2)cn1. The van der Waals surface area contributed by atoms with Crippen LogP contribution in [0.5, 0.6) is 0 Å². The fourth-order valence-corrected chi connectivity index (χ4v) is 2.80. The van der Waals surface area contributed by atoms with E-state index in [0.29, 0.717) is 6.54 Å². The highest BCUT2D eigenvalue weighted by Gasteiger charge is 2.49. The van der Waals surface area contributed by atoms with Gasteiger partial charge in [0.2, 0.25) is 5.91 Å². The Hall–Kier alpha value is -2.27. The predicted octanol–water partition coefficient (Wildman–Crippen LogP) is 2.02. The van der Waals surface area contributed by atoms with Gasteiger partial charge in [-0.3, -0.25) is 19.7 Å². The molecule has 0 aliphatic carbocycles. The largest absolute Gasteiger partial charge is 0.349 e. The average molecular weight is 310 g/mol.